The van der Waals surface area contributed by atoms with Crippen molar-refractivity contribution in [2.24, 2.45) is 0 Å². The van der Waals surface area contributed by atoms with Crippen LogP contribution in [0.25, 0.3) is 0 Å². The Balaban J connectivity index is 2.51. The molecule has 0 saturated heterocycles. The van der Waals surface area contributed by atoms with Crippen LogP contribution in [-0.4, -0.2) is 9.85 Å². The smallest absolute Gasteiger partial charge is 0.301 e. The number of benzene rings is 2. The van der Waals surface area contributed by atoms with E-state index >= 15 is 0 Å². The molecule has 0 bridgehead atoms. The van der Waals surface area contributed by atoms with Crippen molar-refractivity contribution in [3.63, 3.8) is 0 Å². The number of nitro groups is 2. The lowest BCUT2D eigenvalue weighted by Crippen LogP contribution is -2.03. The monoisotopic (exact) mass is 274 g/mol. The molecule has 3 N–H and O–H groups in total. The van der Waals surface area contributed by atoms with E-state index in [2.05, 4.69) is 5.32 Å². The third kappa shape index (κ3) is 2.64. The summed E-state index contributed by atoms with van der Waals surface area (Å²) >= 11 is 0. The van der Waals surface area contributed by atoms with Gasteiger partial charge in [-0.05, 0) is 12.1 Å². The highest BCUT2D eigenvalue weighted by Crippen LogP contribution is 2.36. The van der Waals surface area contributed by atoms with Crippen molar-refractivity contribution >= 4 is 28.4 Å². The molecule has 0 aromatic heterocycles. The van der Waals surface area contributed by atoms with Crippen molar-refractivity contribution in [1.82, 2.24) is 0 Å². The van der Waals surface area contributed by atoms with Gasteiger partial charge in [0.2, 0.25) is 0 Å². The van der Waals surface area contributed by atoms with E-state index in [1.807, 2.05) is 0 Å². The number of nitrogens with zero attached hydrogens (tertiary/aromatic N) is 2. The molecule has 0 aliphatic rings. The van der Waals surface area contributed by atoms with Gasteiger partial charge in [0.25, 0.3) is 5.69 Å². The summed E-state index contributed by atoms with van der Waals surface area (Å²) in [6, 6.07) is 10.6. The van der Waals surface area contributed by atoms with Crippen LogP contribution >= 0.6 is 0 Å². The number of hydrogen-bond donors (Lipinski definition) is 2. The molecular formula is C12H10N4O4. The van der Waals surface area contributed by atoms with Gasteiger partial charge in [-0.1, -0.05) is 18.2 Å². The number of anilines is 3. The van der Waals surface area contributed by atoms with E-state index in [0.717, 1.165) is 12.1 Å². The van der Waals surface area contributed by atoms with Crippen molar-refractivity contribution in [2.45, 2.75) is 0 Å². The highest BCUT2D eigenvalue weighted by molar-refractivity contribution is 5.83. The van der Waals surface area contributed by atoms with Gasteiger partial charge in [-0.3, -0.25) is 20.2 Å². The minimum atomic E-state index is -0.727. The van der Waals surface area contributed by atoms with Crippen LogP contribution in [0.2, 0.25) is 0 Å². The average molecular weight is 274 g/mol. The normalized spacial score (nSPS) is 10.0. The first-order valence-corrected chi connectivity index (χ1v) is 5.53. The summed E-state index contributed by atoms with van der Waals surface area (Å²) in [5.74, 6) is 0. The fourth-order valence-corrected chi connectivity index (χ4v) is 1.68. The number of non-ortho nitro benzene ring substituents is 1. The number of nitrogens with one attached hydrogen (secondary N) is 1. The first-order valence-electron chi connectivity index (χ1n) is 5.53. The molecule has 0 heterocycles. The van der Waals surface area contributed by atoms with Crippen LogP contribution in [0.4, 0.5) is 28.4 Å². The molecule has 0 aliphatic heterocycles. The number of nitro benzene ring substituents is 2. The predicted molar refractivity (Wildman–Crippen MR) is 73.9 cm³/mol. The van der Waals surface area contributed by atoms with Gasteiger partial charge < -0.3 is 11.1 Å². The lowest BCUT2D eigenvalue weighted by Gasteiger charge is -2.09. The Morgan fingerprint density at radius 3 is 2.20 bits per heavy atom. The third-order valence-corrected chi connectivity index (χ3v) is 2.58. The Bertz CT molecular complexity index is 673. The fourth-order valence-electron chi connectivity index (χ4n) is 1.68. The average Bonchev–Trinajstić information content (AvgIpc) is 2.41. The Morgan fingerprint density at radius 1 is 1.00 bits per heavy atom. The van der Waals surface area contributed by atoms with Gasteiger partial charge in [0.1, 0.15) is 5.69 Å². The van der Waals surface area contributed by atoms with Crippen molar-refractivity contribution in [3.8, 4) is 0 Å². The van der Waals surface area contributed by atoms with Crippen LogP contribution < -0.4 is 11.1 Å². The van der Waals surface area contributed by atoms with E-state index in [-0.39, 0.29) is 11.4 Å². The fraction of sp³-hybridized carbons (Fsp3) is 0. The zero-order chi connectivity index (χ0) is 14.7. The molecule has 0 atom stereocenters. The summed E-state index contributed by atoms with van der Waals surface area (Å²) in [6.07, 6.45) is 0. The molecule has 0 saturated carbocycles. The Labute approximate surface area is 113 Å². The van der Waals surface area contributed by atoms with Crippen LogP contribution in [0, 0.1) is 20.2 Å². The van der Waals surface area contributed by atoms with Crippen molar-refractivity contribution < 1.29 is 9.85 Å². The molecule has 2 aromatic rings. The molecule has 2 aromatic carbocycles. The zero-order valence-corrected chi connectivity index (χ0v) is 10.1. The van der Waals surface area contributed by atoms with Crippen LogP contribution in [0.1, 0.15) is 0 Å². The molecule has 2 rings (SSSR count). The topological polar surface area (TPSA) is 124 Å². The highest BCUT2D eigenvalue weighted by atomic mass is 16.6. The minimum absolute atomic E-state index is 0.0341. The molecular weight excluding hydrogens is 264 g/mol. The molecule has 20 heavy (non-hydrogen) atoms. The van der Waals surface area contributed by atoms with Crippen molar-refractivity contribution in [2.75, 3.05) is 11.1 Å². The van der Waals surface area contributed by atoms with Crippen LogP contribution in [0.3, 0.4) is 0 Å². The maximum atomic E-state index is 11.0. The molecule has 8 heteroatoms. The molecule has 0 fully saturated rings. The second-order valence-electron chi connectivity index (χ2n) is 3.93. The second-order valence-corrected chi connectivity index (χ2v) is 3.93. The SMILES string of the molecule is Nc1cc([N+](=O)[O-])cc([N+](=O)[O-])c1Nc1ccccc1. The molecule has 0 amide bonds. The van der Waals surface area contributed by atoms with E-state index in [1.54, 1.807) is 30.3 Å². The van der Waals surface area contributed by atoms with E-state index in [9.17, 15) is 20.2 Å². The lowest BCUT2D eigenvalue weighted by atomic mass is 10.2. The standard InChI is InChI=1S/C12H10N4O4/c13-10-6-9(15(17)18)7-11(16(19)20)12(10)14-8-4-2-1-3-5-8/h1-7,14H,13H2. The summed E-state index contributed by atoms with van der Waals surface area (Å²) in [6.45, 7) is 0. The van der Waals surface area contributed by atoms with E-state index in [1.165, 1.54) is 0 Å². The van der Waals surface area contributed by atoms with Gasteiger partial charge in [-0.25, -0.2) is 0 Å². The molecule has 102 valence electrons. The first kappa shape index (κ1) is 13.3. The van der Waals surface area contributed by atoms with E-state index in [0.29, 0.717) is 5.69 Å². The van der Waals surface area contributed by atoms with Gasteiger partial charge >= 0.3 is 5.69 Å². The van der Waals surface area contributed by atoms with E-state index in [4.69, 9.17) is 5.73 Å². The van der Waals surface area contributed by atoms with Gasteiger partial charge in [0.05, 0.1) is 21.6 Å². The van der Waals surface area contributed by atoms with Crippen LogP contribution in [0.15, 0.2) is 42.5 Å². The van der Waals surface area contributed by atoms with Crippen LogP contribution in [0.5, 0.6) is 0 Å². The molecule has 0 unspecified atom stereocenters. The third-order valence-electron chi connectivity index (χ3n) is 2.58. The Morgan fingerprint density at radius 2 is 1.65 bits per heavy atom. The van der Waals surface area contributed by atoms with Gasteiger partial charge in [-0.2, -0.15) is 0 Å². The lowest BCUT2D eigenvalue weighted by molar-refractivity contribution is -0.393. The highest BCUT2D eigenvalue weighted by Gasteiger charge is 2.23. The number of hydrogen-bond acceptors (Lipinski definition) is 6. The summed E-state index contributed by atoms with van der Waals surface area (Å²) < 4.78 is 0. The Hall–Kier alpha value is -3.16. The van der Waals surface area contributed by atoms with Crippen molar-refractivity contribution in [1.29, 1.82) is 0 Å². The summed E-state index contributed by atoms with van der Waals surface area (Å²) in [4.78, 5) is 20.3. The van der Waals surface area contributed by atoms with Gasteiger partial charge in [0, 0.05) is 11.8 Å². The summed E-state index contributed by atoms with van der Waals surface area (Å²) in [5, 5.41) is 24.5. The number of para-hydroxylation sites is 1. The first-order chi connectivity index (χ1) is 9.49. The largest absolute Gasteiger partial charge is 0.397 e. The number of nitrogen functional groups attached to an aromatic ring is 1. The zero-order valence-electron chi connectivity index (χ0n) is 10.1. The molecule has 0 aliphatic carbocycles. The number of nitrogens with two attached hydrogens (primary N) is 1. The Kier molecular flexibility index (Phi) is 3.47. The molecule has 8 nitrogen and oxygen atoms in total. The van der Waals surface area contributed by atoms with Crippen LogP contribution in [-0.2, 0) is 0 Å². The van der Waals surface area contributed by atoms with Gasteiger partial charge in [0.15, 0.2) is 0 Å². The summed E-state index contributed by atoms with van der Waals surface area (Å²) in [5.41, 5.74) is 5.37. The second kappa shape index (κ2) is 5.22. The van der Waals surface area contributed by atoms with E-state index < -0.39 is 21.2 Å². The quantitative estimate of drug-likeness (QED) is 0.501. The number of rotatable bonds is 4. The maximum Gasteiger partial charge on any atom is 0.301 e. The molecule has 0 radical (unpaired) electrons. The molecule has 0 spiro atoms. The summed E-state index contributed by atoms with van der Waals surface area (Å²) in [7, 11) is 0. The van der Waals surface area contributed by atoms with Crippen molar-refractivity contribution in [3.05, 3.63) is 62.7 Å². The predicted octanol–water partition coefficient (Wildman–Crippen LogP) is 2.83. The minimum Gasteiger partial charge on any atom is -0.397 e. The van der Waals surface area contributed by atoms with Gasteiger partial charge in [-0.15, -0.1) is 0 Å². The maximum absolute atomic E-state index is 11.0.